The molecule has 1 heterocycles. The molecule has 2 aromatic rings. The van der Waals surface area contributed by atoms with Crippen LogP contribution in [0.15, 0.2) is 41.4 Å². The molecule has 1 N–H and O–H groups in total. The van der Waals surface area contributed by atoms with Crippen LogP contribution in [0.2, 0.25) is 10.0 Å². The maximum atomic E-state index is 13.1. The van der Waals surface area contributed by atoms with Crippen LogP contribution in [-0.2, 0) is 14.3 Å². The van der Waals surface area contributed by atoms with E-state index in [0.29, 0.717) is 35.5 Å². The van der Waals surface area contributed by atoms with Gasteiger partial charge < -0.3 is 10.1 Å². The summed E-state index contributed by atoms with van der Waals surface area (Å²) in [6.45, 7) is 4.99. The zero-order chi connectivity index (χ0) is 23.3. The minimum Gasteiger partial charge on any atom is -0.385 e. The van der Waals surface area contributed by atoms with Crippen molar-refractivity contribution >= 4 is 63.3 Å². The van der Waals surface area contributed by atoms with Crippen LogP contribution < -0.4 is 5.32 Å². The molecule has 2 amide bonds. The van der Waals surface area contributed by atoms with E-state index in [1.807, 2.05) is 32.0 Å². The minimum atomic E-state index is -0.570. The molecule has 3 rings (SSSR count). The highest BCUT2D eigenvalue weighted by Crippen LogP contribution is 2.34. The fourth-order valence-corrected chi connectivity index (χ4v) is 4.74. The fraction of sp³-hybridized carbons (Fsp3) is 0.348. The third-order valence-electron chi connectivity index (χ3n) is 4.93. The van der Waals surface area contributed by atoms with Gasteiger partial charge in [-0.05, 0) is 49.6 Å². The van der Waals surface area contributed by atoms with Crippen LogP contribution in [-0.4, -0.2) is 47.4 Å². The Morgan fingerprint density at radius 1 is 1.25 bits per heavy atom. The smallest absolute Gasteiger partial charge is 0.242 e. The lowest BCUT2D eigenvalue weighted by molar-refractivity contribution is -0.128. The molecular formula is C23H25Cl2N3O3S. The highest BCUT2D eigenvalue weighted by Gasteiger charge is 2.39. The molecule has 2 aromatic carbocycles. The fourth-order valence-electron chi connectivity index (χ4n) is 3.21. The Bertz CT molecular complexity index is 1050. The average Bonchev–Trinajstić information content (AvgIpc) is 3.03. The number of hydrogen-bond donors (Lipinski definition) is 1. The molecule has 1 aliphatic heterocycles. The number of ether oxygens (including phenoxy) is 1. The van der Waals surface area contributed by atoms with Gasteiger partial charge in [0.1, 0.15) is 5.25 Å². The predicted octanol–water partition coefficient (Wildman–Crippen LogP) is 5.61. The summed E-state index contributed by atoms with van der Waals surface area (Å²) in [6.07, 6.45) is 0.671. The topological polar surface area (TPSA) is 71.0 Å². The number of nitrogens with zero attached hydrogens (tertiary/aromatic N) is 2. The quantitative estimate of drug-likeness (QED) is 0.485. The Balaban J connectivity index is 1.79. The maximum absolute atomic E-state index is 13.1. The number of benzene rings is 2. The van der Waals surface area contributed by atoms with Gasteiger partial charge in [-0.3, -0.25) is 14.5 Å². The number of amidine groups is 1. The molecule has 1 unspecified atom stereocenters. The number of rotatable bonds is 8. The molecule has 9 heteroatoms. The summed E-state index contributed by atoms with van der Waals surface area (Å²) in [5.41, 5.74) is 3.34. The van der Waals surface area contributed by atoms with Crippen LogP contribution in [0.5, 0.6) is 0 Å². The number of methoxy groups -OCH3 is 1. The molecule has 0 radical (unpaired) electrons. The van der Waals surface area contributed by atoms with Crippen LogP contribution in [0.25, 0.3) is 0 Å². The zero-order valence-corrected chi connectivity index (χ0v) is 20.5. The van der Waals surface area contributed by atoms with Crippen molar-refractivity contribution < 1.29 is 14.3 Å². The molecule has 0 aliphatic carbocycles. The molecule has 6 nitrogen and oxygen atoms in total. The van der Waals surface area contributed by atoms with Crippen molar-refractivity contribution in [3.63, 3.8) is 0 Å². The average molecular weight is 494 g/mol. The van der Waals surface area contributed by atoms with Gasteiger partial charge in [-0.25, -0.2) is 4.99 Å². The number of carbonyl (C=O) groups is 2. The van der Waals surface area contributed by atoms with E-state index < -0.39 is 5.25 Å². The van der Waals surface area contributed by atoms with Crippen LogP contribution in [0.1, 0.15) is 24.0 Å². The van der Waals surface area contributed by atoms with Gasteiger partial charge in [0, 0.05) is 26.7 Å². The number of halogens is 2. The van der Waals surface area contributed by atoms with Crippen LogP contribution in [0.3, 0.4) is 0 Å². The molecule has 1 fully saturated rings. The SMILES string of the molecule is COCCCN1C(=O)C(CC(=O)Nc2cccc(Cl)c2Cl)SC1=Nc1cc(C)ccc1C. The third-order valence-corrected chi connectivity index (χ3v) is 6.92. The number of anilines is 1. The first-order valence-electron chi connectivity index (χ1n) is 10.2. The Kier molecular flexibility index (Phi) is 8.59. The molecular weight excluding hydrogens is 469 g/mol. The van der Waals surface area contributed by atoms with Crippen LogP contribution >= 0.6 is 35.0 Å². The second-order valence-corrected chi connectivity index (χ2v) is 9.44. The molecule has 1 atom stereocenters. The second-order valence-electron chi connectivity index (χ2n) is 7.48. The van der Waals surface area contributed by atoms with Crippen molar-refractivity contribution in [3.05, 3.63) is 57.6 Å². The van der Waals surface area contributed by atoms with Gasteiger partial charge >= 0.3 is 0 Å². The van der Waals surface area contributed by atoms with E-state index in [4.69, 9.17) is 32.9 Å². The summed E-state index contributed by atoms with van der Waals surface area (Å²) in [7, 11) is 1.62. The van der Waals surface area contributed by atoms with Crippen LogP contribution in [0.4, 0.5) is 11.4 Å². The van der Waals surface area contributed by atoms with Crippen molar-refractivity contribution in [1.29, 1.82) is 0 Å². The Labute approximate surface area is 202 Å². The lowest BCUT2D eigenvalue weighted by Gasteiger charge is -2.16. The van der Waals surface area contributed by atoms with E-state index >= 15 is 0 Å². The highest BCUT2D eigenvalue weighted by molar-refractivity contribution is 8.15. The van der Waals surface area contributed by atoms with Crippen molar-refractivity contribution in [2.45, 2.75) is 31.9 Å². The Morgan fingerprint density at radius 3 is 2.78 bits per heavy atom. The number of aryl methyl sites for hydroxylation is 2. The summed E-state index contributed by atoms with van der Waals surface area (Å²) in [4.78, 5) is 32.2. The van der Waals surface area contributed by atoms with E-state index in [1.54, 1.807) is 30.2 Å². The number of aliphatic imine (C=N–C) groups is 1. The van der Waals surface area contributed by atoms with Gasteiger partial charge in [-0.1, -0.05) is 53.2 Å². The zero-order valence-electron chi connectivity index (χ0n) is 18.2. The van der Waals surface area contributed by atoms with E-state index in [2.05, 4.69) is 5.32 Å². The van der Waals surface area contributed by atoms with Gasteiger partial charge in [-0.15, -0.1) is 0 Å². The van der Waals surface area contributed by atoms with Gasteiger partial charge in [-0.2, -0.15) is 0 Å². The van der Waals surface area contributed by atoms with Gasteiger partial charge in [0.2, 0.25) is 11.8 Å². The first-order valence-corrected chi connectivity index (χ1v) is 11.8. The van der Waals surface area contributed by atoms with Crippen molar-refractivity contribution in [3.8, 4) is 0 Å². The lowest BCUT2D eigenvalue weighted by atomic mass is 10.1. The molecule has 0 bridgehead atoms. The van der Waals surface area contributed by atoms with Crippen molar-refractivity contribution in [2.24, 2.45) is 4.99 Å². The summed E-state index contributed by atoms with van der Waals surface area (Å²) in [5.74, 6) is -0.452. The molecule has 32 heavy (non-hydrogen) atoms. The molecule has 1 saturated heterocycles. The normalized spacial score (nSPS) is 17.3. The van der Waals surface area contributed by atoms with E-state index in [1.165, 1.54) is 11.8 Å². The van der Waals surface area contributed by atoms with Crippen molar-refractivity contribution in [2.75, 3.05) is 25.6 Å². The lowest BCUT2D eigenvalue weighted by Crippen LogP contribution is -2.34. The van der Waals surface area contributed by atoms with Crippen LogP contribution in [0, 0.1) is 13.8 Å². The van der Waals surface area contributed by atoms with E-state index in [-0.39, 0.29) is 23.3 Å². The highest BCUT2D eigenvalue weighted by atomic mass is 35.5. The van der Waals surface area contributed by atoms with E-state index in [0.717, 1.165) is 16.8 Å². The summed E-state index contributed by atoms with van der Waals surface area (Å²) >= 11 is 13.5. The number of carbonyl (C=O) groups excluding carboxylic acids is 2. The molecule has 170 valence electrons. The van der Waals surface area contributed by atoms with Gasteiger partial charge in [0.05, 0.1) is 21.4 Å². The first-order chi connectivity index (χ1) is 15.3. The molecule has 0 saturated carbocycles. The van der Waals surface area contributed by atoms with Gasteiger partial charge in [0.15, 0.2) is 5.17 Å². The molecule has 1 aliphatic rings. The number of thioether (sulfide) groups is 1. The maximum Gasteiger partial charge on any atom is 0.242 e. The number of hydrogen-bond acceptors (Lipinski definition) is 5. The van der Waals surface area contributed by atoms with Gasteiger partial charge in [0.25, 0.3) is 0 Å². The Hall–Kier alpha value is -2.06. The Morgan fingerprint density at radius 2 is 2.03 bits per heavy atom. The number of amides is 2. The van der Waals surface area contributed by atoms with Crippen molar-refractivity contribution in [1.82, 2.24) is 4.90 Å². The minimum absolute atomic E-state index is 0.00105. The predicted molar refractivity (Wildman–Crippen MR) is 132 cm³/mol. The second kappa shape index (κ2) is 11.2. The molecule has 0 spiro atoms. The number of nitrogens with one attached hydrogen (secondary N) is 1. The summed E-state index contributed by atoms with van der Waals surface area (Å²) in [6, 6.07) is 11.0. The molecule has 0 aromatic heterocycles. The monoisotopic (exact) mass is 493 g/mol. The standard InChI is InChI=1S/C23H25Cl2N3O3S/c1-14-8-9-15(2)18(12-14)27-23-28(10-5-11-31-3)22(30)19(32-23)13-20(29)26-17-7-4-6-16(24)21(17)25/h4,6-9,12,19H,5,10-11,13H2,1-3H3,(H,26,29). The largest absolute Gasteiger partial charge is 0.385 e. The first kappa shape index (κ1) is 24.6. The summed E-state index contributed by atoms with van der Waals surface area (Å²) in [5, 5.41) is 3.39. The van der Waals surface area contributed by atoms with E-state index in [9.17, 15) is 9.59 Å². The third kappa shape index (κ3) is 6.04. The summed E-state index contributed by atoms with van der Waals surface area (Å²) < 4.78 is 5.13.